The van der Waals surface area contributed by atoms with Crippen LogP contribution in [0.3, 0.4) is 0 Å². The molecule has 0 spiro atoms. The van der Waals surface area contributed by atoms with Gasteiger partial charge in [-0.1, -0.05) is 5.16 Å². The van der Waals surface area contributed by atoms with Gasteiger partial charge in [-0.15, -0.1) is 0 Å². The molecular weight excluding hydrogens is 232 g/mol. The zero-order valence-corrected chi connectivity index (χ0v) is 11.5. The maximum atomic E-state index is 11.8. The Bertz CT molecular complexity index is 376. The number of aryl methyl sites for hydroxylation is 1. The SMILES string of the molecule is Cc1cc(NC(=O)C(C)NCCCN(C)C)no1. The van der Waals surface area contributed by atoms with Gasteiger partial charge >= 0.3 is 0 Å². The summed E-state index contributed by atoms with van der Waals surface area (Å²) in [4.78, 5) is 13.9. The molecule has 0 aliphatic carbocycles. The van der Waals surface area contributed by atoms with Gasteiger partial charge in [0.05, 0.1) is 6.04 Å². The Morgan fingerprint density at radius 1 is 1.56 bits per heavy atom. The maximum Gasteiger partial charge on any atom is 0.242 e. The van der Waals surface area contributed by atoms with E-state index in [1.54, 1.807) is 13.0 Å². The lowest BCUT2D eigenvalue weighted by atomic mass is 10.3. The fourth-order valence-electron chi connectivity index (χ4n) is 1.47. The average Bonchev–Trinajstić information content (AvgIpc) is 2.69. The molecule has 1 aromatic rings. The highest BCUT2D eigenvalue weighted by atomic mass is 16.5. The van der Waals surface area contributed by atoms with E-state index in [9.17, 15) is 4.79 Å². The van der Waals surface area contributed by atoms with E-state index in [0.717, 1.165) is 19.5 Å². The fraction of sp³-hybridized carbons (Fsp3) is 0.667. The van der Waals surface area contributed by atoms with Gasteiger partial charge in [-0.3, -0.25) is 4.79 Å². The van der Waals surface area contributed by atoms with Crippen molar-refractivity contribution in [1.82, 2.24) is 15.4 Å². The van der Waals surface area contributed by atoms with Crippen LogP contribution in [-0.2, 0) is 4.79 Å². The van der Waals surface area contributed by atoms with Crippen molar-refractivity contribution in [2.75, 3.05) is 32.5 Å². The largest absolute Gasteiger partial charge is 0.360 e. The second-order valence-electron chi connectivity index (χ2n) is 4.64. The molecule has 0 aliphatic heterocycles. The Morgan fingerprint density at radius 3 is 2.83 bits per heavy atom. The number of carbonyl (C=O) groups excluding carboxylic acids is 1. The highest BCUT2D eigenvalue weighted by molar-refractivity contribution is 5.93. The first-order valence-corrected chi connectivity index (χ1v) is 6.11. The van der Waals surface area contributed by atoms with Gasteiger partial charge in [-0.2, -0.15) is 0 Å². The van der Waals surface area contributed by atoms with Gasteiger partial charge in [0.2, 0.25) is 5.91 Å². The molecule has 0 aliphatic rings. The lowest BCUT2D eigenvalue weighted by molar-refractivity contribution is -0.117. The summed E-state index contributed by atoms with van der Waals surface area (Å²) in [5, 5.41) is 9.58. The molecule has 6 nitrogen and oxygen atoms in total. The summed E-state index contributed by atoms with van der Waals surface area (Å²) in [6.45, 7) is 5.43. The zero-order valence-electron chi connectivity index (χ0n) is 11.5. The summed E-state index contributed by atoms with van der Waals surface area (Å²) in [5.74, 6) is 1.03. The Hall–Kier alpha value is -1.40. The molecule has 1 amide bonds. The van der Waals surface area contributed by atoms with Crippen molar-refractivity contribution in [3.8, 4) is 0 Å². The Balaban J connectivity index is 2.24. The molecule has 1 atom stereocenters. The first-order valence-electron chi connectivity index (χ1n) is 6.11. The maximum absolute atomic E-state index is 11.8. The van der Waals surface area contributed by atoms with Crippen molar-refractivity contribution >= 4 is 11.7 Å². The lowest BCUT2D eigenvalue weighted by Crippen LogP contribution is -2.39. The molecule has 0 aromatic carbocycles. The third kappa shape index (κ3) is 5.29. The molecule has 6 heteroatoms. The number of nitrogens with zero attached hydrogens (tertiary/aromatic N) is 2. The smallest absolute Gasteiger partial charge is 0.242 e. The van der Waals surface area contributed by atoms with Crippen LogP contribution in [0.2, 0.25) is 0 Å². The first kappa shape index (κ1) is 14.7. The molecule has 102 valence electrons. The van der Waals surface area contributed by atoms with Crippen LogP contribution in [0.15, 0.2) is 10.6 Å². The molecular formula is C12H22N4O2. The van der Waals surface area contributed by atoms with Crippen LogP contribution in [0.1, 0.15) is 19.1 Å². The van der Waals surface area contributed by atoms with E-state index < -0.39 is 0 Å². The van der Waals surface area contributed by atoms with E-state index in [1.807, 2.05) is 21.0 Å². The number of hydrogen-bond donors (Lipinski definition) is 2. The second kappa shape index (κ2) is 7.13. The summed E-state index contributed by atoms with van der Waals surface area (Å²) in [6.07, 6.45) is 1.01. The minimum Gasteiger partial charge on any atom is -0.360 e. The Kier molecular flexibility index (Phi) is 5.80. The van der Waals surface area contributed by atoms with Crippen LogP contribution in [0.5, 0.6) is 0 Å². The van der Waals surface area contributed by atoms with Gasteiger partial charge < -0.3 is 20.1 Å². The minimum atomic E-state index is -0.246. The number of hydrogen-bond acceptors (Lipinski definition) is 5. The standard InChI is InChI=1S/C12H22N4O2/c1-9-8-11(15-18-9)14-12(17)10(2)13-6-5-7-16(3)4/h8,10,13H,5-7H2,1-4H3,(H,14,15,17). The fourth-order valence-corrected chi connectivity index (χ4v) is 1.47. The van der Waals surface area contributed by atoms with Crippen LogP contribution in [0.25, 0.3) is 0 Å². The number of anilines is 1. The van der Waals surface area contributed by atoms with Gasteiger partial charge in [0.1, 0.15) is 5.76 Å². The Labute approximate surface area is 108 Å². The van der Waals surface area contributed by atoms with Gasteiger partial charge in [0.15, 0.2) is 5.82 Å². The molecule has 0 saturated carbocycles. The van der Waals surface area contributed by atoms with E-state index in [-0.39, 0.29) is 11.9 Å². The van der Waals surface area contributed by atoms with Crippen molar-refractivity contribution in [2.24, 2.45) is 0 Å². The second-order valence-corrected chi connectivity index (χ2v) is 4.64. The van der Waals surface area contributed by atoms with E-state index in [1.165, 1.54) is 0 Å². The molecule has 18 heavy (non-hydrogen) atoms. The molecule has 0 saturated heterocycles. The van der Waals surface area contributed by atoms with Crippen LogP contribution in [0.4, 0.5) is 5.82 Å². The van der Waals surface area contributed by atoms with Gasteiger partial charge in [0, 0.05) is 6.07 Å². The van der Waals surface area contributed by atoms with Crippen LogP contribution in [-0.4, -0.2) is 49.2 Å². The zero-order chi connectivity index (χ0) is 13.5. The topological polar surface area (TPSA) is 70.4 Å². The Morgan fingerprint density at radius 2 is 2.28 bits per heavy atom. The van der Waals surface area contributed by atoms with Crippen molar-refractivity contribution in [2.45, 2.75) is 26.3 Å². The van der Waals surface area contributed by atoms with Crippen LogP contribution >= 0.6 is 0 Å². The molecule has 0 bridgehead atoms. The third-order valence-electron chi connectivity index (χ3n) is 2.51. The number of carbonyl (C=O) groups is 1. The van der Waals surface area contributed by atoms with Crippen LogP contribution < -0.4 is 10.6 Å². The molecule has 1 heterocycles. The average molecular weight is 254 g/mol. The molecule has 1 rings (SSSR count). The van der Waals surface area contributed by atoms with Crippen LogP contribution in [0, 0.1) is 6.92 Å². The monoisotopic (exact) mass is 254 g/mol. The van der Waals surface area contributed by atoms with E-state index in [0.29, 0.717) is 11.6 Å². The normalized spacial score (nSPS) is 12.7. The van der Waals surface area contributed by atoms with Gasteiger partial charge in [-0.05, 0) is 47.5 Å². The molecule has 1 unspecified atom stereocenters. The highest BCUT2D eigenvalue weighted by Gasteiger charge is 2.13. The summed E-state index contributed by atoms with van der Waals surface area (Å²) in [7, 11) is 4.06. The number of nitrogens with one attached hydrogen (secondary N) is 2. The van der Waals surface area contributed by atoms with Gasteiger partial charge in [0.25, 0.3) is 0 Å². The van der Waals surface area contributed by atoms with Crippen molar-refractivity contribution in [3.63, 3.8) is 0 Å². The summed E-state index contributed by atoms with van der Waals surface area (Å²) >= 11 is 0. The first-order chi connectivity index (χ1) is 8.49. The molecule has 2 N–H and O–H groups in total. The number of aromatic nitrogens is 1. The van der Waals surface area contributed by atoms with E-state index >= 15 is 0 Å². The summed E-state index contributed by atoms with van der Waals surface area (Å²) in [5.41, 5.74) is 0. The summed E-state index contributed by atoms with van der Waals surface area (Å²) < 4.78 is 4.88. The lowest BCUT2D eigenvalue weighted by Gasteiger charge is -2.14. The van der Waals surface area contributed by atoms with E-state index in [2.05, 4.69) is 20.7 Å². The molecule has 1 aromatic heterocycles. The quantitative estimate of drug-likeness (QED) is 0.706. The van der Waals surface area contributed by atoms with Crippen molar-refractivity contribution in [1.29, 1.82) is 0 Å². The van der Waals surface area contributed by atoms with Crippen molar-refractivity contribution < 1.29 is 9.32 Å². The molecule has 0 radical (unpaired) electrons. The molecule has 0 fully saturated rings. The minimum absolute atomic E-state index is 0.104. The number of amides is 1. The summed E-state index contributed by atoms with van der Waals surface area (Å²) in [6, 6.07) is 1.44. The predicted octanol–water partition coefficient (Wildman–Crippen LogP) is 0.851. The van der Waals surface area contributed by atoms with Gasteiger partial charge in [-0.25, -0.2) is 0 Å². The third-order valence-corrected chi connectivity index (χ3v) is 2.51. The van der Waals surface area contributed by atoms with E-state index in [4.69, 9.17) is 4.52 Å². The number of rotatable bonds is 7. The van der Waals surface area contributed by atoms with Crippen molar-refractivity contribution in [3.05, 3.63) is 11.8 Å². The highest BCUT2D eigenvalue weighted by Crippen LogP contribution is 2.07. The predicted molar refractivity (Wildman–Crippen MR) is 70.5 cm³/mol.